The fourth-order valence-electron chi connectivity index (χ4n) is 2.71. The minimum Gasteiger partial charge on any atom is -0.358 e. The largest absolute Gasteiger partial charge is 0.358 e. The minimum absolute atomic E-state index is 0.447. The normalized spacial score (nSPS) is 11.0. The predicted octanol–water partition coefficient (Wildman–Crippen LogP) is 4.98. The number of rotatable bonds is 6. The van der Waals surface area contributed by atoms with E-state index in [1.54, 1.807) is 18.4 Å². The van der Waals surface area contributed by atoms with Crippen molar-refractivity contribution in [3.8, 4) is 0 Å². The molecule has 0 fully saturated rings. The van der Waals surface area contributed by atoms with Crippen molar-refractivity contribution in [2.75, 3.05) is 6.54 Å². The molecule has 0 spiro atoms. The Bertz CT molecular complexity index is 1010. The molecule has 3 aromatic rings. The van der Waals surface area contributed by atoms with Gasteiger partial charge in [0.2, 0.25) is 0 Å². The molecular formula is C20H18Cl2N4S. The molecule has 0 radical (unpaired) electrons. The molecule has 138 valence electrons. The van der Waals surface area contributed by atoms with Crippen LogP contribution in [0.4, 0.5) is 0 Å². The first kappa shape index (κ1) is 19.4. The Balaban J connectivity index is 1.85. The van der Waals surface area contributed by atoms with Crippen LogP contribution in [0.5, 0.6) is 0 Å². The first-order chi connectivity index (χ1) is 13.1. The SMILES string of the molecule is C=CCNC(=S)N/N=C/c1cn(Cc2ccc(Cl)cc2Cl)c2ccccc12. The summed E-state index contributed by atoms with van der Waals surface area (Å²) in [5.41, 5.74) is 5.88. The van der Waals surface area contributed by atoms with Gasteiger partial charge in [-0.2, -0.15) is 5.10 Å². The highest BCUT2D eigenvalue weighted by molar-refractivity contribution is 7.80. The number of para-hydroxylation sites is 1. The molecule has 0 saturated carbocycles. The number of aromatic nitrogens is 1. The first-order valence-electron chi connectivity index (χ1n) is 8.28. The molecule has 1 aromatic heterocycles. The summed E-state index contributed by atoms with van der Waals surface area (Å²) < 4.78 is 2.14. The Morgan fingerprint density at radius 1 is 1.22 bits per heavy atom. The molecule has 0 unspecified atom stereocenters. The molecule has 0 aliphatic rings. The second-order valence-corrected chi connectivity index (χ2v) is 7.09. The summed E-state index contributed by atoms with van der Waals surface area (Å²) in [5, 5.41) is 10.0. The monoisotopic (exact) mass is 416 g/mol. The quantitative estimate of drug-likeness (QED) is 0.257. The van der Waals surface area contributed by atoms with E-state index < -0.39 is 0 Å². The summed E-state index contributed by atoms with van der Waals surface area (Å²) in [6.45, 7) is 4.86. The molecule has 0 aliphatic heterocycles. The van der Waals surface area contributed by atoms with Crippen molar-refractivity contribution in [1.29, 1.82) is 0 Å². The Kier molecular flexibility index (Phi) is 6.50. The maximum absolute atomic E-state index is 6.34. The third kappa shape index (κ3) is 4.89. The topological polar surface area (TPSA) is 41.4 Å². The molecule has 0 amide bonds. The second-order valence-electron chi connectivity index (χ2n) is 5.83. The van der Waals surface area contributed by atoms with Gasteiger partial charge in [-0.05, 0) is 36.0 Å². The zero-order chi connectivity index (χ0) is 19.2. The van der Waals surface area contributed by atoms with Crippen LogP contribution in [-0.2, 0) is 6.54 Å². The zero-order valence-corrected chi connectivity index (χ0v) is 16.8. The molecule has 0 bridgehead atoms. The Morgan fingerprint density at radius 3 is 2.81 bits per heavy atom. The summed E-state index contributed by atoms with van der Waals surface area (Å²) in [6.07, 6.45) is 5.53. The van der Waals surface area contributed by atoms with Crippen molar-refractivity contribution in [3.63, 3.8) is 0 Å². The van der Waals surface area contributed by atoms with Gasteiger partial charge in [-0.3, -0.25) is 5.43 Å². The van der Waals surface area contributed by atoms with Crippen LogP contribution in [0.2, 0.25) is 10.0 Å². The third-order valence-corrected chi connectivity index (χ3v) is 4.77. The van der Waals surface area contributed by atoms with Crippen molar-refractivity contribution < 1.29 is 0 Å². The molecule has 0 atom stereocenters. The van der Waals surface area contributed by atoms with Crippen molar-refractivity contribution in [1.82, 2.24) is 15.3 Å². The summed E-state index contributed by atoms with van der Waals surface area (Å²) >= 11 is 17.5. The number of nitrogens with zero attached hydrogens (tertiary/aromatic N) is 2. The van der Waals surface area contributed by atoms with E-state index in [1.165, 1.54) is 0 Å². The van der Waals surface area contributed by atoms with Crippen molar-refractivity contribution >= 4 is 57.6 Å². The number of nitrogens with one attached hydrogen (secondary N) is 2. The van der Waals surface area contributed by atoms with Crippen LogP contribution in [0.25, 0.3) is 10.9 Å². The Morgan fingerprint density at radius 2 is 2.04 bits per heavy atom. The number of thiocarbonyl (C=S) groups is 1. The lowest BCUT2D eigenvalue weighted by Crippen LogP contribution is -2.31. The van der Waals surface area contributed by atoms with Gasteiger partial charge in [-0.1, -0.05) is 53.5 Å². The van der Waals surface area contributed by atoms with Crippen molar-refractivity contribution in [2.24, 2.45) is 5.10 Å². The van der Waals surface area contributed by atoms with E-state index in [1.807, 2.05) is 30.5 Å². The lowest BCUT2D eigenvalue weighted by atomic mass is 10.2. The molecule has 2 aromatic carbocycles. The van der Waals surface area contributed by atoms with Crippen LogP contribution in [0, 0.1) is 0 Å². The Labute approximate surface area is 173 Å². The summed E-state index contributed by atoms with van der Waals surface area (Å²) in [6, 6.07) is 13.7. The average molecular weight is 417 g/mol. The van der Waals surface area contributed by atoms with E-state index in [0.29, 0.717) is 28.2 Å². The molecule has 7 heteroatoms. The average Bonchev–Trinajstić information content (AvgIpc) is 3.00. The van der Waals surface area contributed by atoms with E-state index >= 15 is 0 Å². The van der Waals surface area contributed by atoms with E-state index in [2.05, 4.69) is 39.1 Å². The van der Waals surface area contributed by atoms with E-state index in [4.69, 9.17) is 35.4 Å². The van der Waals surface area contributed by atoms with Crippen LogP contribution in [0.15, 0.2) is 66.4 Å². The highest BCUT2D eigenvalue weighted by Gasteiger charge is 2.09. The number of hydrogen-bond acceptors (Lipinski definition) is 2. The van der Waals surface area contributed by atoms with Gasteiger partial charge in [0.25, 0.3) is 0 Å². The first-order valence-corrected chi connectivity index (χ1v) is 9.44. The van der Waals surface area contributed by atoms with Gasteiger partial charge in [0, 0.05) is 45.8 Å². The van der Waals surface area contributed by atoms with Crippen LogP contribution >= 0.6 is 35.4 Å². The highest BCUT2D eigenvalue weighted by atomic mass is 35.5. The van der Waals surface area contributed by atoms with E-state index in [-0.39, 0.29) is 0 Å². The van der Waals surface area contributed by atoms with Gasteiger partial charge in [-0.25, -0.2) is 0 Å². The van der Waals surface area contributed by atoms with Crippen molar-refractivity contribution in [3.05, 3.63) is 82.5 Å². The number of hydrazone groups is 1. The number of hydrogen-bond donors (Lipinski definition) is 2. The van der Waals surface area contributed by atoms with Crippen LogP contribution in [0.1, 0.15) is 11.1 Å². The van der Waals surface area contributed by atoms with Gasteiger partial charge in [0.05, 0.1) is 6.21 Å². The maximum Gasteiger partial charge on any atom is 0.187 e. The predicted molar refractivity (Wildman–Crippen MR) is 119 cm³/mol. The van der Waals surface area contributed by atoms with Gasteiger partial charge < -0.3 is 9.88 Å². The fourth-order valence-corrected chi connectivity index (χ4v) is 3.31. The summed E-state index contributed by atoms with van der Waals surface area (Å²) in [4.78, 5) is 0. The van der Waals surface area contributed by atoms with Gasteiger partial charge in [0.1, 0.15) is 0 Å². The summed E-state index contributed by atoms with van der Waals surface area (Å²) in [7, 11) is 0. The third-order valence-electron chi connectivity index (χ3n) is 3.95. The van der Waals surface area contributed by atoms with Gasteiger partial charge >= 0.3 is 0 Å². The van der Waals surface area contributed by atoms with Crippen LogP contribution in [0.3, 0.4) is 0 Å². The second kappa shape index (κ2) is 9.04. The molecule has 27 heavy (non-hydrogen) atoms. The number of halogens is 2. The molecule has 1 heterocycles. The molecule has 2 N–H and O–H groups in total. The molecule has 0 aliphatic carbocycles. The lowest BCUT2D eigenvalue weighted by molar-refractivity contribution is 0.836. The Hall–Kier alpha value is -2.34. The number of benzene rings is 2. The lowest BCUT2D eigenvalue weighted by Gasteiger charge is -2.08. The standard InChI is InChI=1S/C20H18Cl2N4S/c1-2-9-23-20(27)25-24-11-15-13-26(19-6-4-3-5-17(15)19)12-14-7-8-16(21)10-18(14)22/h2-8,10-11,13H,1,9,12H2,(H2,23,25,27)/b24-11+. The molecular weight excluding hydrogens is 399 g/mol. The molecule has 0 saturated heterocycles. The van der Waals surface area contributed by atoms with E-state index in [0.717, 1.165) is 22.0 Å². The van der Waals surface area contributed by atoms with Gasteiger partial charge in [-0.15, -0.1) is 6.58 Å². The van der Waals surface area contributed by atoms with E-state index in [9.17, 15) is 0 Å². The smallest absolute Gasteiger partial charge is 0.187 e. The van der Waals surface area contributed by atoms with Gasteiger partial charge in [0.15, 0.2) is 5.11 Å². The molecule has 4 nitrogen and oxygen atoms in total. The summed E-state index contributed by atoms with van der Waals surface area (Å²) in [5.74, 6) is 0. The van der Waals surface area contributed by atoms with Crippen LogP contribution in [-0.4, -0.2) is 22.4 Å². The fraction of sp³-hybridized carbons (Fsp3) is 0.100. The van der Waals surface area contributed by atoms with Crippen molar-refractivity contribution in [2.45, 2.75) is 6.54 Å². The molecule has 3 rings (SSSR count). The minimum atomic E-state index is 0.447. The zero-order valence-electron chi connectivity index (χ0n) is 14.5. The number of fused-ring (bicyclic) bond motifs is 1. The highest BCUT2D eigenvalue weighted by Crippen LogP contribution is 2.25. The maximum atomic E-state index is 6.34. The van der Waals surface area contributed by atoms with Crippen LogP contribution < -0.4 is 10.7 Å².